The van der Waals surface area contributed by atoms with Crippen LogP contribution < -0.4 is 5.06 Å². The van der Waals surface area contributed by atoms with Gasteiger partial charge in [0.1, 0.15) is 12.2 Å². The smallest absolute Gasteiger partial charge is 0.116 e. The number of hydrogen-bond acceptors (Lipinski definition) is 3. The maximum absolute atomic E-state index is 10.8. The van der Waals surface area contributed by atoms with E-state index < -0.39 is 0 Å². The summed E-state index contributed by atoms with van der Waals surface area (Å²) in [5, 5.41) is 13.7. The SMILES string of the molecule is Cc1ccc(N=O)c(C[NH+](C)[O-])c1. The van der Waals surface area contributed by atoms with Crippen molar-refractivity contribution in [2.75, 3.05) is 7.05 Å². The van der Waals surface area contributed by atoms with Gasteiger partial charge in [-0.1, -0.05) is 11.6 Å². The number of quaternary nitrogens is 1. The van der Waals surface area contributed by atoms with Gasteiger partial charge in [0.15, 0.2) is 0 Å². The van der Waals surface area contributed by atoms with Crippen molar-refractivity contribution in [1.82, 2.24) is 0 Å². The molecule has 0 radical (unpaired) electrons. The predicted octanol–water partition coefficient (Wildman–Crippen LogP) is 0.905. The average Bonchev–Trinajstić information content (AvgIpc) is 2.03. The van der Waals surface area contributed by atoms with E-state index in [0.29, 0.717) is 11.3 Å². The van der Waals surface area contributed by atoms with Gasteiger partial charge in [-0.3, -0.25) is 0 Å². The molecule has 0 saturated carbocycles. The quantitative estimate of drug-likeness (QED) is 0.555. The number of benzene rings is 1. The molecule has 70 valence electrons. The third-order valence-corrected chi connectivity index (χ3v) is 1.77. The highest BCUT2D eigenvalue weighted by atomic mass is 16.5. The molecule has 4 heteroatoms. The van der Waals surface area contributed by atoms with Crippen LogP contribution in [0.4, 0.5) is 5.69 Å². The van der Waals surface area contributed by atoms with E-state index in [9.17, 15) is 10.1 Å². The van der Waals surface area contributed by atoms with Crippen LogP contribution in [0.3, 0.4) is 0 Å². The molecule has 0 aliphatic rings. The second-order valence-corrected chi connectivity index (χ2v) is 3.10. The van der Waals surface area contributed by atoms with E-state index >= 15 is 0 Å². The second-order valence-electron chi connectivity index (χ2n) is 3.10. The summed E-state index contributed by atoms with van der Waals surface area (Å²) in [6.45, 7) is 2.20. The van der Waals surface area contributed by atoms with Crippen LogP contribution in [-0.4, -0.2) is 7.05 Å². The molecule has 0 bridgehead atoms. The summed E-state index contributed by atoms with van der Waals surface area (Å²) in [7, 11) is 1.50. The Morgan fingerprint density at radius 1 is 1.54 bits per heavy atom. The Morgan fingerprint density at radius 2 is 2.23 bits per heavy atom. The Kier molecular flexibility index (Phi) is 3.11. The molecule has 1 aromatic carbocycles. The van der Waals surface area contributed by atoms with Crippen molar-refractivity contribution in [3.8, 4) is 0 Å². The number of rotatable bonds is 3. The number of nitrogens with zero attached hydrogens (tertiary/aromatic N) is 1. The molecular formula is C9H12N2O2. The average molecular weight is 180 g/mol. The third kappa shape index (κ3) is 2.61. The van der Waals surface area contributed by atoms with Crippen LogP contribution in [0, 0.1) is 17.0 Å². The normalized spacial score (nSPS) is 12.5. The van der Waals surface area contributed by atoms with Crippen molar-refractivity contribution in [2.24, 2.45) is 5.18 Å². The van der Waals surface area contributed by atoms with Gasteiger partial charge < -0.3 is 10.3 Å². The largest absolute Gasteiger partial charge is 0.634 e. The number of nitrogens with one attached hydrogen (secondary N) is 1. The first-order valence-electron chi connectivity index (χ1n) is 4.06. The molecule has 13 heavy (non-hydrogen) atoms. The lowest BCUT2D eigenvalue weighted by molar-refractivity contribution is -0.840. The van der Waals surface area contributed by atoms with Gasteiger partial charge in [0, 0.05) is 5.56 Å². The molecule has 0 spiro atoms. The van der Waals surface area contributed by atoms with Gasteiger partial charge in [0.05, 0.1) is 7.05 Å². The van der Waals surface area contributed by atoms with E-state index in [1.165, 1.54) is 7.05 Å². The zero-order chi connectivity index (χ0) is 9.84. The van der Waals surface area contributed by atoms with Crippen LogP contribution in [-0.2, 0) is 6.54 Å². The number of aryl methyl sites for hydroxylation is 1. The van der Waals surface area contributed by atoms with Crippen LogP contribution in [0.2, 0.25) is 0 Å². The van der Waals surface area contributed by atoms with E-state index in [4.69, 9.17) is 0 Å². The number of hydroxylamine groups is 2. The van der Waals surface area contributed by atoms with Crippen LogP contribution in [0.1, 0.15) is 11.1 Å². The molecule has 1 rings (SSSR count). The van der Waals surface area contributed by atoms with Gasteiger partial charge in [-0.15, -0.1) is 4.91 Å². The van der Waals surface area contributed by atoms with Crippen LogP contribution >= 0.6 is 0 Å². The predicted molar refractivity (Wildman–Crippen MR) is 50.6 cm³/mol. The van der Waals surface area contributed by atoms with Crippen molar-refractivity contribution in [2.45, 2.75) is 13.5 Å². The first kappa shape index (κ1) is 9.83. The molecule has 1 aromatic rings. The standard InChI is InChI=1S/C9H12N2O2/c1-7-3-4-9(10-12)8(5-7)6-11(2)13/h3-5,11H,6H2,1-2H3. The summed E-state index contributed by atoms with van der Waals surface area (Å²) in [5.41, 5.74) is 2.10. The lowest BCUT2D eigenvalue weighted by Crippen LogP contribution is -3.02. The van der Waals surface area contributed by atoms with Gasteiger partial charge in [-0.05, 0) is 24.2 Å². The Hall–Kier alpha value is -1.26. The van der Waals surface area contributed by atoms with Crippen LogP contribution in [0.15, 0.2) is 23.4 Å². The highest BCUT2D eigenvalue weighted by Crippen LogP contribution is 2.19. The van der Waals surface area contributed by atoms with Gasteiger partial charge in [-0.2, -0.15) is 0 Å². The van der Waals surface area contributed by atoms with Crippen LogP contribution in [0.5, 0.6) is 0 Å². The van der Waals surface area contributed by atoms with Crippen LogP contribution in [0.25, 0.3) is 0 Å². The molecule has 0 amide bonds. The number of hydrogen-bond donors (Lipinski definition) is 1. The maximum Gasteiger partial charge on any atom is 0.116 e. The molecule has 0 aliphatic heterocycles. The molecule has 1 atom stereocenters. The van der Waals surface area contributed by atoms with Gasteiger partial charge in [-0.25, -0.2) is 0 Å². The fourth-order valence-electron chi connectivity index (χ4n) is 1.21. The molecule has 0 aliphatic carbocycles. The molecule has 1 N–H and O–H groups in total. The topological polar surface area (TPSA) is 56.9 Å². The molecule has 0 fully saturated rings. The van der Waals surface area contributed by atoms with Crippen molar-refractivity contribution < 1.29 is 5.06 Å². The molecular weight excluding hydrogens is 168 g/mol. The van der Waals surface area contributed by atoms with Crippen molar-refractivity contribution in [1.29, 1.82) is 0 Å². The fourth-order valence-corrected chi connectivity index (χ4v) is 1.21. The number of nitroso groups, excluding NO2 is 1. The maximum atomic E-state index is 10.8. The van der Waals surface area contributed by atoms with E-state index in [1.807, 2.05) is 13.0 Å². The molecule has 0 aromatic heterocycles. The monoisotopic (exact) mass is 180 g/mol. The van der Waals surface area contributed by atoms with Gasteiger partial charge in [0.2, 0.25) is 0 Å². The highest BCUT2D eigenvalue weighted by molar-refractivity contribution is 5.47. The second kappa shape index (κ2) is 4.11. The third-order valence-electron chi connectivity index (χ3n) is 1.77. The van der Waals surface area contributed by atoms with E-state index in [2.05, 4.69) is 5.18 Å². The lowest BCUT2D eigenvalue weighted by atomic mass is 10.1. The Bertz CT molecular complexity index is 310. The summed E-state index contributed by atoms with van der Waals surface area (Å²) in [6, 6.07) is 5.26. The molecule has 0 saturated heterocycles. The molecule has 4 nitrogen and oxygen atoms in total. The summed E-state index contributed by atoms with van der Waals surface area (Å²) < 4.78 is 0. The Balaban J connectivity index is 3.01. The lowest BCUT2D eigenvalue weighted by Gasteiger charge is -2.16. The fraction of sp³-hybridized carbons (Fsp3) is 0.333. The first-order chi connectivity index (χ1) is 6.13. The van der Waals surface area contributed by atoms with Crippen molar-refractivity contribution >= 4 is 5.69 Å². The first-order valence-corrected chi connectivity index (χ1v) is 4.06. The van der Waals surface area contributed by atoms with E-state index in [-0.39, 0.29) is 11.6 Å². The van der Waals surface area contributed by atoms with Crippen molar-refractivity contribution in [3.05, 3.63) is 39.4 Å². The minimum absolute atomic E-state index is 0.0375. The summed E-state index contributed by atoms with van der Waals surface area (Å²) in [5.74, 6) is 0. The minimum Gasteiger partial charge on any atom is -0.634 e. The zero-order valence-electron chi connectivity index (χ0n) is 7.70. The minimum atomic E-state index is 0.0375. The Labute approximate surface area is 76.7 Å². The molecule has 0 heterocycles. The van der Waals surface area contributed by atoms with Gasteiger partial charge >= 0.3 is 0 Å². The summed E-state index contributed by atoms with van der Waals surface area (Å²) in [6.07, 6.45) is 0. The van der Waals surface area contributed by atoms with E-state index in [0.717, 1.165) is 5.56 Å². The zero-order valence-corrected chi connectivity index (χ0v) is 7.70. The van der Waals surface area contributed by atoms with Crippen molar-refractivity contribution in [3.63, 3.8) is 0 Å². The molecule has 1 unspecified atom stereocenters. The highest BCUT2D eigenvalue weighted by Gasteiger charge is 2.04. The Morgan fingerprint density at radius 3 is 2.77 bits per heavy atom. The van der Waals surface area contributed by atoms with E-state index in [1.54, 1.807) is 12.1 Å². The summed E-state index contributed by atoms with van der Waals surface area (Å²) >= 11 is 0. The summed E-state index contributed by atoms with van der Waals surface area (Å²) in [4.78, 5) is 10.4. The van der Waals surface area contributed by atoms with Gasteiger partial charge in [0.25, 0.3) is 0 Å².